The molecule has 0 spiro atoms. The molecule has 1 aromatic heterocycles. The fraction of sp³-hybridized carbons (Fsp3) is 0.167. The molecular formula is C18H18N2O2. The van der Waals surface area contributed by atoms with Gasteiger partial charge in [0, 0.05) is 11.7 Å². The minimum Gasteiger partial charge on any atom is -0.495 e. The van der Waals surface area contributed by atoms with E-state index in [-0.39, 0.29) is 5.91 Å². The van der Waals surface area contributed by atoms with E-state index >= 15 is 0 Å². The lowest BCUT2D eigenvalue weighted by Crippen LogP contribution is -2.15. The van der Waals surface area contributed by atoms with E-state index in [4.69, 9.17) is 4.74 Å². The zero-order valence-corrected chi connectivity index (χ0v) is 12.6. The Balaban J connectivity index is 1.76. The lowest BCUT2D eigenvalue weighted by molar-refractivity contribution is -0.115. The van der Waals surface area contributed by atoms with Crippen LogP contribution in [0.4, 0.5) is 5.69 Å². The number of aryl methyl sites for hydroxylation is 1. The van der Waals surface area contributed by atoms with Crippen LogP contribution >= 0.6 is 0 Å². The molecule has 0 bridgehead atoms. The van der Waals surface area contributed by atoms with Gasteiger partial charge in [0.2, 0.25) is 5.91 Å². The number of carbonyl (C=O) groups is 1. The fourth-order valence-electron chi connectivity index (χ4n) is 2.50. The number of anilines is 1. The number of aromatic amines is 1. The van der Waals surface area contributed by atoms with Crippen LogP contribution in [0.2, 0.25) is 0 Å². The van der Waals surface area contributed by atoms with Gasteiger partial charge in [0.25, 0.3) is 0 Å². The number of methoxy groups -OCH3 is 1. The first-order valence-corrected chi connectivity index (χ1v) is 7.16. The number of amides is 1. The van der Waals surface area contributed by atoms with Crippen LogP contribution < -0.4 is 10.1 Å². The third-order valence-electron chi connectivity index (χ3n) is 3.61. The molecule has 1 amide bonds. The summed E-state index contributed by atoms with van der Waals surface area (Å²) in [4.78, 5) is 15.4. The van der Waals surface area contributed by atoms with Crippen molar-refractivity contribution in [1.29, 1.82) is 0 Å². The summed E-state index contributed by atoms with van der Waals surface area (Å²) < 4.78 is 5.28. The quantitative estimate of drug-likeness (QED) is 0.771. The van der Waals surface area contributed by atoms with Crippen LogP contribution in [0.1, 0.15) is 11.1 Å². The maximum absolute atomic E-state index is 12.3. The van der Waals surface area contributed by atoms with Crippen molar-refractivity contribution in [2.75, 3.05) is 12.4 Å². The van der Waals surface area contributed by atoms with E-state index in [1.54, 1.807) is 7.11 Å². The molecule has 4 nitrogen and oxygen atoms in total. The summed E-state index contributed by atoms with van der Waals surface area (Å²) in [5, 5.41) is 4.06. The highest BCUT2D eigenvalue weighted by molar-refractivity contribution is 5.94. The molecule has 112 valence electrons. The maximum atomic E-state index is 12.3. The molecule has 0 aliphatic carbocycles. The van der Waals surface area contributed by atoms with Crippen LogP contribution in [0, 0.1) is 6.92 Å². The highest BCUT2D eigenvalue weighted by Gasteiger charge is 2.09. The molecule has 2 aromatic carbocycles. The summed E-state index contributed by atoms with van der Waals surface area (Å²) in [7, 11) is 1.60. The van der Waals surface area contributed by atoms with Gasteiger partial charge in [-0.25, -0.2) is 0 Å². The average molecular weight is 294 g/mol. The number of aromatic nitrogens is 1. The van der Waals surface area contributed by atoms with E-state index in [1.807, 2.05) is 55.6 Å². The van der Waals surface area contributed by atoms with E-state index in [0.29, 0.717) is 17.9 Å². The Morgan fingerprint density at radius 1 is 1.18 bits per heavy atom. The minimum atomic E-state index is -0.0604. The SMILES string of the molecule is COc1ccc(C)cc1NC(=O)Cc1ccc2cc[nH]c2c1. The summed E-state index contributed by atoms with van der Waals surface area (Å²) >= 11 is 0. The second-order valence-corrected chi connectivity index (χ2v) is 5.33. The Labute approximate surface area is 129 Å². The molecule has 0 unspecified atom stereocenters. The number of benzene rings is 2. The van der Waals surface area contributed by atoms with Gasteiger partial charge in [-0.15, -0.1) is 0 Å². The number of hydrogen-bond acceptors (Lipinski definition) is 2. The smallest absolute Gasteiger partial charge is 0.228 e. The standard InChI is InChI=1S/C18H18N2O2/c1-12-3-6-17(22-2)16(9-12)20-18(21)11-13-4-5-14-7-8-19-15(14)10-13/h3-10,19H,11H2,1-2H3,(H,20,21). The van der Waals surface area contributed by atoms with E-state index in [9.17, 15) is 4.79 Å². The number of H-pyrrole nitrogens is 1. The van der Waals surface area contributed by atoms with E-state index in [0.717, 1.165) is 22.0 Å². The number of fused-ring (bicyclic) bond motifs is 1. The van der Waals surface area contributed by atoms with Crippen LogP contribution in [0.5, 0.6) is 5.75 Å². The minimum absolute atomic E-state index is 0.0604. The van der Waals surface area contributed by atoms with Gasteiger partial charge in [0.15, 0.2) is 0 Å². The van der Waals surface area contributed by atoms with Gasteiger partial charge in [0.1, 0.15) is 5.75 Å². The third kappa shape index (κ3) is 2.96. The predicted octanol–water partition coefficient (Wildman–Crippen LogP) is 3.67. The lowest BCUT2D eigenvalue weighted by Gasteiger charge is -2.11. The fourth-order valence-corrected chi connectivity index (χ4v) is 2.50. The van der Waals surface area contributed by atoms with Gasteiger partial charge in [-0.05, 0) is 47.7 Å². The molecular weight excluding hydrogens is 276 g/mol. The van der Waals surface area contributed by atoms with E-state index in [1.165, 1.54) is 0 Å². The second kappa shape index (κ2) is 5.93. The third-order valence-corrected chi connectivity index (χ3v) is 3.61. The van der Waals surface area contributed by atoms with Gasteiger partial charge in [-0.1, -0.05) is 18.2 Å². The Hall–Kier alpha value is -2.75. The molecule has 0 aliphatic heterocycles. The molecule has 0 saturated carbocycles. The normalized spacial score (nSPS) is 10.6. The molecule has 0 fully saturated rings. The van der Waals surface area contributed by atoms with Crippen LogP contribution in [-0.4, -0.2) is 18.0 Å². The Morgan fingerprint density at radius 3 is 2.86 bits per heavy atom. The van der Waals surface area contributed by atoms with Gasteiger partial charge >= 0.3 is 0 Å². The topological polar surface area (TPSA) is 54.1 Å². The zero-order valence-electron chi connectivity index (χ0n) is 12.6. The average Bonchev–Trinajstić information content (AvgIpc) is 2.95. The van der Waals surface area contributed by atoms with Crippen molar-refractivity contribution < 1.29 is 9.53 Å². The number of hydrogen-bond donors (Lipinski definition) is 2. The number of carbonyl (C=O) groups excluding carboxylic acids is 1. The number of nitrogens with one attached hydrogen (secondary N) is 2. The van der Waals surface area contributed by atoms with Crippen LogP contribution in [0.15, 0.2) is 48.7 Å². The van der Waals surface area contributed by atoms with Crippen molar-refractivity contribution >= 4 is 22.5 Å². The number of ether oxygens (including phenoxy) is 1. The first-order valence-electron chi connectivity index (χ1n) is 7.16. The van der Waals surface area contributed by atoms with Crippen molar-refractivity contribution in [1.82, 2.24) is 4.98 Å². The molecule has 0 saturated heterocycles. The molecule has 22 heavy (non-hydrogen) atoms. The molecule has 1 heterocycles. The summed E-state index contributed by atoms with van der Waals surface area (Å²) in [6, 6.07) is 13.7. The monoisotopic (exact) mass is 294 g/mol. The number of rotatable bonds is 4. The molecule has 0 aliphatic rings. The Bertz CT molecular complexity index is 821. The zero-order chi connectivity index (χ0) is 15.5. The van der Waals surface area contributed by atoms with E-state index in [2.05, 4.69) is 10.3 Å². The van der Waals surface area contributed by atoms with Crippen molar-refractivity contribution in [3.63, 3.8) is 0 Å². The first-order chi connectivity index (χ1) is 10.7. The summed E-state index contributed by atoms with van der Waals surface area (Å²) in [5.74, 6) is 0.605. The van der Waals surface area contributed by atoms with E-state index < -0.39 is 0 Å². The molecule has 2 N–H and O–H groups in total. The summed E-state index contributed by atoms with van der Waals surface area (Å²) in [5.41, 5.74) is 3.79. The van der Waals surface area contributed by atoms with Crippen molar-refractivity contribution in [3.8, 4) is 5.75 Å². The molecule has 0 atom stereocenters. The van der Waals surface area contributed by atoms with Crippen LogP contribution in [0.25, 0.3) is 10.9 Å². The predicted molar refractivity (Wildman–Crippen MR) is 88.4 cm³/mol. The largest absolute Gasteiger partial charge is 0.495 e. The maximum Gasteiger partial charge on any atom is 0.228 e. The summed E-state index contributed by atoms with van der Waals surface area (Å²) in [6.45, 7) is 1.98. The van der Waals surface area contributed by atoms with Crippen molar-refractivity contribution in [2.45, 2.75) is 13.3 Å². The van der Waals surface area contributed by atoms with Crippen molar-refractivity contribution in [2.24, 2.45) is 0 Å². The Kier molecular flexibility index (Phi) is 3.83. The van der Waals surface area contributed by atoms with Gasteiger partial charge in [-0.2, -0.15) is 0 Å². The highest BCUT2D eigenvalue weighted by Crippen LogP contribution is 2.25. The van der Waals surface area contributed by atoms with Gasteiger partial charge in [-0.3, -0.25) is 4.79 Å². The lowest BCUT2D eigenvalue weighted by atomic mass is 10.1. The molecule has 3 rings (SSSR count). The molecule has 3 aromatic rings. The molecule has 4 heteroatoms. The highest BCUT2D eigenvalue weighted by atomic mass is 16.5. The van der Waals surface area contributed by atoms with Gasteiger partial charge in [0.05, 0.1) is 19.2 Å². The van der Waals surface area contributed by atoms with Crippen LogP contribution in [-0.2, 0) is 11.2 Å². The van der Waals surface area contributed by atoms with Gasteiger partial charge < -0.3 is 15.0 Å². The summed E-state index contributed by atoms with van der Waals surface area (Å²) in [6.07, 6.45) is 2.22. The molecule has 0 radical (unpaired) electrons. The Morgan fingerprint density at radius 2 is 2.05 bits per heavy atom. The second-order valence-electron chi connectivity index (χ2n) is 5.33. The first kappa shape index (κ1) is 14.2. The van der Waals surface area contributed by atoms with Crippen molar-refractivity contribution in [3.05, 3.63) is 59.8 Å². The van der Waals surface area contributed by atoms with Crippen LogP contribution in [0.3, 0.4) is 0 Å².